The molecular weight excluding hydrogens is 128 g/mol. The van der Waals surface area contributed by atoms with Gasteiger partial charge in [-0.3, -0.25) is 4.79 Å². The summed E-state index contributed by atoms with van der Waals surface area (Å²) in [5.74, 6) is 0.324. The molecule has 1 saturated heterocycles. The standard InChI is InChI=1S/C7H13NO.H3N/c1-6(2)8-5-3-4-7(8)9;/h6H,3-5H2,1-2H3;1H3. The van der Waals surface area contributed by atoms with Gasteiger partial charge in [0.25, 0.3) is 0 Å². The molecule has 0 atom stereocenters. The Hall–Kier alpha value is -0.570. The summed E-state index contributed by atoms with van der Waals surface area (Å²) in [6, 6.07) is 0.403. The zero-order valence-corrected chi connectivity index (χ0v) is 6.76. The first kappa shape index (κ1) is 9.43. The number of likely N-dealkylation sites (tertiary alicyclic amines) is 1. The highest BCUT2D eigenvalue weighted by molar-refractivity contribution is 5.78. The predicted octanol–water partition coefficient (Wildman–Crippen LogP) is 1.18. The van der Waals surface area contributed by atoms with Crippen molar-refractivity contribution in [3.63, 3.8) is 0 Å². The molecular formula is C7H16N2O. The summed E-state index contributed by atoms with van der Waals surface area (Å²) in [4.78, 5) is 12.9. The van der Waals surface area contributed by atoms with Crippen molar-refractivity contribution in [3.05, 3.63) is 0 Å². The molecule has 0 aromatic heterocycles. The lowest BCUT2D eigenvalue weighted by Crippen LogP contribution is -2.31. The molecule has 3 nitrogen and oxygen atoms in total. The van der Waals surface area contributed by atoms with Crippen LogP contribution in [0.5, 0.6) is 0 Å². The van der Waals surface area contributed by atoms with E-state index in [-0.39, 0.29) is 6.15 Å². The maximum absolute atomic E-state index is 10.9. The van der Waals surface area contributed by atoms with Crippen LogP contribution in [0.2, 0.25) is 0 Å². The molecule has 3 heteroatoms. The fraction of sp³-hybridized carbons (Fsp3) is 0.857. The van der Waals surface area contributed by atoms with Crippen molar-refractivity contribution in [2.24, 2.45) is 0 Å². The van der Waals surface area contributed by atoms with Gasteiger partial charge in [0.05, 0.1) is 0 Å². The number of rotatable bonds is 1. The second kappa shape index (κ2) is 3.56. The maximum atomic E-state index is 10.9. The summed E-state index contributed by atoms with van der Waals surface area (Å²) in [5, 5.41) is 0. The van der Waals surface area contributed by atoms with Crippen LogP contribution in [0.15, 0.2) is 0 Å². The molecule has 0 unspecified atom stereocenters. The van der Waals surface area contributed by atoms with Crippen LogP contribution in [-0.4, -0.2) is 23.4 Å². The molecule has 0 bridgehead atoms. The number of hydrogen-bond donors (Lipinski definition) is 1. The lowest BCUT2D eigenvalue weighted by Gasteiger charge is -2.19. The van der Waals surface area contributed by atoms with Gasteiger partial charge >= 0.3 is 0 Å². The molecule has 1 rings (SSSR count). The van der Waals surface area contributed by atoms with E-state index in [1.165, 1.54) is 0 Å². The number of nitrogens with zero attached hydrogens (tertiary/aromatic N) is 1. The second-order valence-corrected chi connectivity index (χ2v) is 2.78. The minimum atomic E-state index is 0. The van der Waals surface area contributed by atoms with Gasteiger partial charge in [0.15, 0.2) is 0 Å². The van der Waals surface area contributed by atoms with E-state index in [1.54, 1.807) is 0 Å². The van der Waals surface area contributed by atoms with Gasteiger partial charge in [-0.25, -0.2) is 0 Å². The highest BCUT2D eigenvalue weighted by atomic mass is 16.2. The Morgan fingerprint density at radius 3 is 2.30 bits per heavy atom. The number of hydrogen-bond acceptors (Lipinski definition) is 2. The molecule has 1 aliphatic rings. The Morgan fingerprint density at radius 1 is 1.50 bits per heavy atom. The molecule has 0 spiro atoms. The van der Waals surface area contributed by atoms with E-state index in [0.29, 0.717) is 11.9 Å². The fourth-order valence-electron chi connectivity index (χ4n) is 1.22. The molecule has 1 amide bonds. The smallest absolute Gasteiger partial charge is 0.222 e. The Kier molecular flexibility index (Phi) is 3.36. The van der Waals surface area contributed by atoms with Crippen LogP contribution in [0, 0.1) is 0 Å². The van der Waals surface area contributed by atoms with Crippen LogP contribution in [0.3, 0.4) is 0 Å². The molecule has 0 saturated carbocycles. The van der Waals surface area contributed by atoms with E-state index in [2.05, 4.69) is 13.8 Å². The summed E-state index contributed by atoms with van der Waals surface area (Å²) >= 11 is 0. The van der Waals surface area contributed by atoms with Crippen molar-refractivity contribution in [3.8, 4) is 0 Å². The molecule has 10 heavy (non-hydrogen) atoms. The molecule has 0 radical (unpaired) electrons. The van der Waals surface area contributed by atoms with E-state index >= 15 is 0 Å². The third-order valence-electron chi connectivity index (χ3n) is 1.73. The predicted molar refractivity (Wildman–Crippen MR) is 41.1 cm³/mol. The van der Waals surface area contributed by atoms with Crippen LogP contribution in [0.25, 0.3) is 0 Å². The third-order valence-corrected chi connectivity index (χ3v) is 1.73. The maximum Gasteiger partial charge on any atom is 0.222 e. The number of carbonyl (C=O) groups excluding carboxylic acids is 1. The minimum Gasteiger partial charge on any atom is -0.344 e. The van der Waals surface area contributed by atoms with Gasteiger partial charge in [-0.2, -0.15) is 0 Å². The van der Waals surface area contributed by atoms with E-state index < -0.39 is 0 Å². The quantitative estimate of drug-likeness (QED) is 0.600. The lowest BCUT2D eigenvalue weighted by atomic mass is 10.3. The molecule has 60 valence electrons. The number of amides is 1. The van der Waals surface area contributed by atoms with Crippen LogP contribution in [0.4, 0.5) is 0 Å². The van der Waals surface area contributed by atoms with Crippen molar-refractivity contribution in [1.29, 1.82) is 0 Å². The summed E-state index contributed by atoms with van der Waals surface area (Å²) in [7, 11) is 0. The first-order valence-electron chi connectivity index (χ1n) is 3.51. The largest absolute Gasteiger partial charge is 0.344 e. The van der Waals surface area contributed by atoms with Gasteiger partial charge in [-0.1, -0.05) is 0 Å². The SMILES string of the molecule is CC(C)N1CCCC1=O.N. The van der Waals surface area contributed by atoms with Crippen molar-refractivity contribution < 1.29 is 4.79 Å². The van der Waals surface area contributed by atoms with Gasteiger partial charge in [-0.15, -0.1) is 0 Å². The molecule has 0 aliphatic carbocycles. The summed E-state index contributed by atoms with van der Waals surface area (Å²) in [6.45, 7) is 5.09. The Labute approximate surface area is 62.0 Å². The Bertz CT molecular complexity index is 123. The van der Waals surface area contributed by atoms with Gasteiger partial charge < -0.3 is 11.1 Å². The normalized spacial score (nSPS) is 17.9. The zero-order valence-electron chi connectivity index (χ0n) is 6.76. The fourth-order valence-corrected chi connectivity index (χ4v) is 1.22. The molecule has 1 heterocycles. The van der Waals surface area contributed by atoms with E-state index in [9.17, 15) is 4.79 Å². The average Bonchev–Trinajstić information content (AvgIpc) is 2.13. The second-order valence-electron chi connectivity index (χ2n) is 2.78. The number of carbonyl (C=O) groups is 1. The first-order chi connectivity index (χ1) is 4.22. The van der Waals surface area contributed by atoms with Crippen molar-refractivity contribution in [1.82, 2.24) is 11.1 Å². The first-order valence-corrected chi connectivity index (χ1v) is 3.51. The summed E-state index contributed by atoms with van der Waals surface area (Å²) in [5.41, 5.74) is 0. The van der Waals surface area contributed by atoms with Gasteiger partial charge in [-0.05, 0) is 20.3 Å². The average molecular weight is 144 g/mol. The summed E-state index contributed by atoms with van der Waals surface area (Å²) < 4.78 is 0. The van der Waals surface area contributed by atoms with Gasteiger partial charge in [0.2, 0.25) is 5.91 Å². The third kappa shape index (κ3) is 1.70. The van der Waals surface area contributed by atoms with E-state index in [1.807, 2.05) is 4.90 Å². The van der Waals surface area contributed by atoms with Crippen molar-refractivity contribution in [2.75, 3.05) is 6.54 Å². The zero-order chi connectivity index (χ0) is 6.85. The van der Waals surface area contributed by atoms with Crippen LogP contribution in [0.1, 0.15) is 26.7 Å². The summed E-state index contributed by atoms with van der Waals surface area (Å²) in [6.07, 6.45) is 1.81. The van der Waals surface area contributed by atoms with Crippen molar-refractivity contribution >= 4 is 5.91 Å². The van der Waals surface area contributed by atoms with Crippen LogP contribution in [-0.2, 0) is 4.79 Å². The van der Waals surface area contributed by atoms with E-state index in [4.69, 9.17) is 0 Å². The van der Waals surface area contributed by atoms with Crippen LogP contribution >= 0.6 is 0 Å². The minimum absolute atomic E-state index is 0. The molecule has 3 N–H and O–H groups in total. The molecule has 1 aliphatic heterocycles. The molecule has 0 aromatic rings. The monoisotopic (exact) mass is 144 g/mol. The van der Waals surface area contributed by atoms with Gasteiger partial charge in [0.1, 0.15) is 0 Å². The van der Waals surface area contributed by atoms with Crippen molar-refractivity contribution in [2.45, 2.75) is 32.7 Å². The molecule has 1 fully saturated rings. The van der Waals surface area contributed by atoms with Crippen LogP contribution < -0.4 is 6.15 Å². The highest BCUT2D eigenvalue weighted by Gasteiger charge is 2.21. The lowest BCUT2D eigenvalue weighted by molar-refractivity contribution is -0.129. The Balaban J connectivity index is 0.000000810. The Morgan fingerprint density at radius 2 is 2.10 bits per heavy atom. The van der Waals surface area contributed by atoms with Gasteiger partial charge in [0, 0.05) is 19.0 Å². The van der Waals surface area contributed by atoms with E-state index in [0.717, 1.165) is 19.4 Å². The molecule has 0 aromatic carbocycles. The topological polar surface area (TPSA) is 55.3 Å². The highest BCUT2D eigenvalue weighted by Crippen LogP contribution is 2.12.